The van der Waals surface area contributed by atoms with Crippen LogP contribution in [0.2, 0.25) is 0 Å². The lowest BCUT2D eigenvalue weighted by molar-refractivity contribution is -0.274. The molecule has 0 saturated heterocycles. The number of ether oxygens (including phenoxy) is 1. The van der Waals surface area contributed by atoms with Crippen LogP contribution >= 0.6 is 11.8 Å². The summed E-state index contributed by atoms with van der Waals surface area (Å²) in [5.74, 6) is 0.362. The van der Waals surface area contributed by atoms with Crippen LogP contribution in [0, 0.1) is 0 Å². The Bertz CT molecular complexity index is 638. The van der Waals surface area contributed by atoms with Crippen molar-refractivity contribution < 1.29 is 17.9 Å². The van der Waals surface area contributed by atoms with E-state index in [1.54, 1.807) is 12.1 Å². The Labute approximate surface area is 135 Å². The van der Waals surface area contributed by atoms with E-state index in [9.17, 15) is 13.2 Å². The molecule has 0 radical (unpaired) electrons. The number of rotatable bonds is 5. The van der Waals surface area contributed by atoms with Crippen molar-refractivity contribution in [3.05, 3.63) is 29.8 Å². The number of aromatic nitrogens is 4. The van der Waals surface area contributed by atoms with Crippen LogP contribution in [0.5, 0.6) is 5.75 Å². The summed E-state index contributed by atoms with van der Waals surface area (Å²) in [5.41, 5.74) is 0.880. The van der Waals surface area contributed by atoms with Crippen molar-refractivity contribution in [2.75, 3.05) is 0 Å². The summed E-state index contributed by atoms with van der Waals surface area (Å²) in [6.45, 7) is 0. The number of hydrogen-bond donors (Lipinski definition) is 0. The van der Waals surface area contributed by atoms with E-state index in [2.05, 4.69) is 20.3 Å². The van der Waals surface area contributed by atoms with E-state index in [0.717, 1.165) is 23.6 Å². The first-order valence-electron chi connectivity index (χ1n) is 7.26. The largest absolute Gasteiger partial charge is 0.573 e. The van der Waals surface area contributed by atoms with Gasteiger partial charge in [-0.3, -0.25) is 0 Å². The topological polar surface area (TPSA) is 52.8 Å². The monoisotopic (exact) mass is 344 g/mol. The van der Waals surface area contributed by atoms with Crippen molar-refractivity contribution >= 4 is 11.8 Å². The van der Waals surface area contributed by atoms with Crippen LogP contribution in [0.25, 0.3) is 0 Å². The molecule has 0 atom stereocenters. The molecule has 124 valence electrons. The maximum Gasteiger partial charge on any atom is 0.573 e. The molecular weight excluding hydrogens is 329 g/mol. The summed E-state index contributed by atoms with van der Waals surface area (Å²) in [6.07, 6.45) is -0.117. The van der Waals surface area contributed by atoms with Gasteiger partial charge in [-0.1, -0.05) is 36.7 Å². The van der Waals surface area contributed by atoms with Gasteiger partial charge in [0, 0.05) is 5.75 Å². The number of alkyl halides is 3. The second-order valence-corrected chi connectivity index (χ2v) is 6.27. The number of thioether (sulfide) groups is 1. The van der Waals surface area contributed by atoms with Gasteiger partial charge in [-0.2, -0.15) is 0 Å². The normalized spacial score (nSPS) is 16.0. The molecule has 1 aromatic heterocycles. The van der Waals surface area contributed by atoms with Crippen LogP contribution in [-0.2, 0) is 5.75 Å². The first-order chi connectivity index (χ1) is 11.0. The van der Waals surface area contributed by atoms with E-state index in [0.29, 0.717) is 11.8 Å². The molecule has 1 heterocycles. The van der Waals surface area contributed by atoms with E-state index in [1.165, 1.54) is 36.7 Å². The highest BCUT2D eigenvalue weighted by Crippen LogP contribution is 2.32. The minimum atomic E-state index is -4.67. The molecule has 0 unspecified atom stereocenters. The summed E-state index contributed by atoms with van der Waals surface area (Å²) in [7, 11) is 0. The van der Waals surface area contributed by atoms with Crippen molar-refractivity contribution in [2.45, 2.75) is 49.0 Å². The standard InChI is InChI=1S/C14H15F3N4OS/c15-14(16,17)22-12-7-5-10(6-8-12)9-23-13-18-19-20-21(13)11-3-1-2-4-11/h5-8,11H,1-4,9H2. The van der Waals surface area contributed by atoms with Gasteiger partial charge in [0.2, 0.25) is 5.16 Å². The molecule has 0 N–H and O–H groups in total. The Balaban J connectivity index is 1.59. The average molecular weight is 344 g/mol. The van der Waals surface area contributed by atoms with E-state index in [-0.39, 0.29) is 5.75 Å². The van der Waals surface area contributed by atoms with Crippen molar-refractivity contribution in [2.24, 2.45) is 0 Å². The molecule has 0 bridgehead atoms. The van der Waals surface area contributed by atoms with Gasteiger partial charge >= 0.3 is 6.36 Å². The zero-order valence-corrected chi connectivity index (χ0v) is 13.0. The highest BCUT2D eigenvalue weighted by atomic mass is 32.2. The first-order valence-corrected chi connectivity index (χ1v) is 8.25. The number of tetrazole rings is 1. The zero-order valence-electron chi connectivity index (χ0n) is 12.2. The minimum Gasteiger partial charge on any atom is -0.406 e. The Hall–Kier alpha value is -1.77. The molecule has 3 rings (SSSR count). The predicted molar refractivity (Wildman–Crippen MR) is 78.0 cm³/mol. The molecule has 9 heteroatoms. The molecule has 1 saturated carbocycles. The van der Waals surface area contributed by atoms with Gasteiger partial charge < -0.3 is 4.74 Å². The van der Waals surface area contributed by atoms with E-state index in [4.69, 9.17) is 0 Å². The molecular formula is C14H15F3N4OS. The summed E-state index contributed by atoms with van der Waals surface area (Å²) in [4.78, 5) is 0. The number of hydrogen-bond acceptors (Lipinski definition) is 5. The van der Waals surface area contributed by atoms with Crippen LogP contribution in [0.1, 0.15) is 37.3 Å². The molecule has 0 spiro atoms. The van der Waals surface area contributed by atoms with Crippen molar-refractivity contribution in [1.82, 2.24) is 20.2 Å². The molecule has 1 fully saturated rings. The molecule has 2 aromatic rings. The Morgan fingerprint density at radius 2 is 1.87 bits per heavy atom. The van der Waals surface area contributed by atoms with Crippen LogP contribution < -0.4 is 4.74 Å². The lowest BCUT2D eigenvalue weighted by Crippen LogP contribution is -2.16. The lowest BCUT2D eigenvalue weighted by atomic mass is 10.2. The third-order valence-electron chi connectivity index (χ3n) is 3.66. The molecule has 23 heavy (non-hydrogen) atoms. The van der Waals surface area contributed by atoms with E-state index in [1.807, 2.05) is 4.68 Å². The van der Waals surface area contributed by atoms with Crippen LogP contribution in [0.15, 0.2) is 29.4 Å². The van der Waals surface area contributed by atoms with Gasteiger partial charge in [0.15, 0.2) is 0 Å². The Kier molecular flexibility index (Phi) is 4.74. The maximum absolute atomic E-state index is 12.1. The van der Waals surface area contributed by atoms with Crippen LogP contribution in [0.4, 0.5) is 13.2 Å². The number of benzene rings is 1. The maximum atomic E-state index is 12.1. The Morgan fingerprint density at radius 1 is 1.17 bits per heavy atom. The third-order valence-corrected chi connectivity index (χ3v) is 4.66. The molecule has 5 nitrogen and oxygen atoms in total. The smallest absolute Gasteiger partial charge is 0.406 e. The molecule has 1 aliphatic rings. The van der Waals surface area contributed by atoms with Crippen molar-refractivity contribution in [3.8, 4) is 5.75 Å². The fourth-order valence-corrected chi connectivity index (χ4v) is 3.49. The highest BCUT2D eigenvalue weighted by molar-refractivity contribution is 7.98. The summed E-state index contributed by atoms with van der Waals surface area (Å²) < 4.78 is 42.1. The average Bonchev–Trinajstić information content (AvgIpc) is 3.16. The lowest BCUT2D eigenvalue weighted by Gasteiger charge is -2.11. The summed E-state index contributed by atoms with van der Waals surface area (Å²) in [5, 5.41) is 12.6. The van der Waals surface area contributed by atoms with Crippen LogP contribution in [0.3, 0.4) is 0 Å². The summed E-state index contributed by atoms with van der Waals surface area (Å²) >= 11 is 1.48. The van der Waals surface area contributed by atoms with E-state index < -0.39 is 6.36 Å². The van der Waals surface area contributed by atoms with Gasteiger partial charge in [-0.25, -0.2) is 4.68 Å². The molecule has 1 aliphatic carbocycles. The summed E-state index contributed by atoms with van der Waals surface area (Å²) in [6, 6.07) is 6.19. The van der Waals surface area contributed by atoms with Crippen molar-refractivity contribution in [3.63, 3.8) is 0 Å². The van der Waals surface area contributed by atoms with E-state index >= 15 is 0 Å². The number of nitrogens with zero attached hydrogens (tertiary/aromatic N) is 4. The van der Waals surface area contributed by atoms with Crippen molar-refractivity contribution in [1.29, 1.82) is 0 Å². The number of halogens is 3. The Morgan fingerprint density at radius 3 is 2.52 bits per heavy atom. The minimum absolute atomic E-state index is 0.220. The third kappa shape index (κ3) is 4.37. The van der Waals surface area contributed by atoms with Gasteiger partial charge in [-0.15, -0.1) is 18.3 Å². The molecule has 0 amide bonds. The fraction of sp³-hybridized carbons (Fsp3) is 0.500. The molecule has 1 aromatic carbocycles. The highest BCUT2D eigenvalue weighted by Gasteiger charge is 2.31. The van der Waals surface area contributed by atoms with Gasteiger partial charge in [0.25, 0.3) is 0 Å². The van der Waals surface area contributed by atoms with Gasteiger partial charge in [0.1, 0.15) is 5.75 Å². The first kappa shape index (κ1) is 16.1. The zero-order chi connectivity index (χ0) is 16.3. The van der Waals surface area contributed by atoms with Crippen LogP contribution in [-0.4, -0.2) is 26.6 Å². The SMILES string of the molecule is FC(F)(F)Oc1ccc(CSc2nnnn2C2CCCC2)cc1. The molecule has 0 aliphatic heterocycles. The second kappa shape index (κ2) is 6.77. The van der Waals surface area contributed by atoms with Gasteiger partial charge in [0.05, 0.1) is 6.04 Å². The quantitative estimate of drug-likeness (QED) is 0.768. The fourth-order valence-electron chi connectivity index (χ4n) is 2.59. The predicted octanol–water partition coefficient (Wildman–Crippen LogP) is 3.98. The second-order valence-electron chi connectivity index (χ2n) is 5.32. The van der Waals surface area contributed by atoms with Gasteiger partial charge in [-0.05, 0) is 41.0 Å².